The summed E-state index contributed by atoms with van der Waals surface area (Å²) in [5, 5.41) is 3.20. The summed E-state index contributed by atoms with van der Waals surface area (Å²) in [5.74, 6) is 0.150. The summed E-state index contributed by atoms with van der Waals surface area (Å²) in [4.78, 5) is 14.2. The van der Waals surface area contributed by atoms with Crippen LogP contribution in [0.3, 0.4) is 0 Å². The van der Waals surface area contributed by atoms with Gasteiger partial charge in [-0.2, -0.15) is 0 Å². The number of ether oxygens (including phenoxy) is 1. The van der Waals surface area contributed by atoms with Crippen LogP contribution in [0.4, 0.5) is 0 Å². The molecule has 1 rings (SSSR count). The standard InChI is InChI=1S/C14H28N2O2/c1-4-6-7-14(3,5-2)15-13(17)12-16-8-10-18-11-9-16/h4-12H2,1-3H3,(H,15,17). The Morgan fingerprint density at radius 1 is 1.33 bits per heavy atom. The summed E-state index contributed by atoms with van der Waals surface area (Å²) in [5.41, 5.74) is -0.0423. The zero-order chi connectivity index (χ0) is 13.4. The summed E-state index contributed by atoms with van der Waals surface area (Å²) >= 11 is 0. The summed E-state index contributed by atoms with van der Waals surface area (Å²) < 4.78 is 5.28. The Bertz CT molecular complexity index is 252. The second-order valence-electron chi connectivity index (χ2n) is 5.45. The van der Waals surface area contributed by atoms with Crippen LogP contribution in [0, 0.1) is 0 Å². The molecule has 0 aromatic carbocycles. The molecule has 0 spiro atoms. The third-order valence-corrected chi connectivity index (χ3v) is 3.77. The molecule has 1 aliphatic rings. The van der Waals surface area contributed by atoms with Gasteiger partial charge in [-0.25, -0.2) is 0 Å². The molecule has 0 bridgehead atoms. The van der Waals surface area contributed by atoms with Crippen molar-refractivity contribution in [2.45, 2.75) is 52.0 Å². The molecule has 1 heterocycles. The summed E-state index contributed by atoms with van der Waals surface area (Å²) in [6.45, 7) is 10.2. The number of hydrogen-bond donors (Lipinski definition) is 1. The average Bonchev–Trinajstić information content (AvgIpc) is 2.37. The molecule has 0 radical (unpaired) electrons. The normalized spacial score (nSPS) is 20.4. The van der Waals surface area contributed by atoms with Crippen LogP contribution in [0.2, 0.25) is 0 Å². The highest BCUT2D eigenvalue weighted by Gasteiger charge is 2.24. The zero-order valence-electron chi connectivity index (χ0n) is 12.1. The molecular formula is C14H28N2O2. The van der Waals surface area contributed by atoms with Gasteiger partial charge in [-0.1, -0.05) is 26.7 Å². The first kappa shape index (κ1) is 15.4. The van der Waals surface area contributed by atoms with Gasteiger partial charge in [-0.3, -0.25) is 9.69 Å². The van der Waals surface area contributed by atoms with Crippen LogP contribution in [0.1, 0.15) is 46.5 Å². The lowest BCUT2D eigenvalue weighted by atomic mass is 9.92. The molecule has 106 valence electrons. The Kier molecular flexibility index (Phi) is 6.65. The van der Waals surface area contributed by atoms with E-state index in [0.29, 0.717) is 6.54 Å². The Morgan fingerprint density at radius 3 is 2.56 bits per heavy atom. The Hall–Kier alpha value is -0.610. The maximum Gasteiger partial charge on any atom is 0.234 e. The summed E-state index contributed by atoms with van der Waals surface area (Å²) in [6.07, 6.45) is 4.40. The lowest BCUT2D eigenvalue weighted by molar-refractivity contribution is -0.125. The second-order valence-corrected chi connectivity index (χ2v) is 5.45. The smallest absolute Gasteiger partial charge is 0.234 e. The molecule has 1 unspecified atom stereocenters. The molecule has 1 N–H and O–H groups in total. The van der Waals surface area contributed by atoms with Crippen molar-refractivity contribution in [3.8, 4) is 0 Å². The average molecular weight is 256 g/mol. The highest BCUT2D eigenvalue weighted by atomic mass is 16.5. The molecule has 1 amide bonds. The number of carbonyl (C=O) groups is 1. The quantitative estimate of drug-likeness (QED) is 0.755. The van der Waals surface area contributed by atoms with Gasteiger partial charge >= 0.3 is 0 Å². The van der Waals surface area contributed by atoms with E-state index in [9.17, 15) is 4.79 Å². The van der Waals surface area contributed by atoms with Crippen LogP contribution in [0.15, 0.2) is 0 Å². The van der Waals surface area contributed by atoms with Crippen LogP contribution in [-0.2, 0) is 9.53 Å². The molecule has 0 saturated carbocycles. The second kappa shape index (κ2) is 7.74. The number of hydrogen-bond acceptors (Lipinski definition) is 3. The van der Waals surface area contributed by atoms with Crippen LogP contribution >= 0.6 is 0 Å². The Balaban J connectivity index is 2.35. The minimum atomic E-state index is -0.0423. The van der Waals surface area contributed by atoms with E-state index < -0.39 is 0 Å². The first-order chi connectivity index (χ1) is 8.59. The number of carbonyl (C=O) groups excluding carboxylic acids is 1. The van der Waals surface area contributed by atoms with Crippen molar-refractivity contribution in [1.82, 2.24) is 10.2 Å². The van der Waals surface area contributed by atoms with Gasteiger partial charge in [0, 0.05) is 18.6 Å². The van der Waals surface area contributed by atoms with Crippen molar-refractivity contribution in [1.29, 1.82) is 0 Å². The molecule has 4 nitrogen and oxygen atoms in total. The van der Waals surface area contributed by atoms with Gasteiger partial charge in [0.05, 0.1) is 19.8 Å². The minimum Gasteiger partial charge on any atom is -0.379 e. The Labute approximate surface area is 111 Å². The molecular weight excluding hydrogens is 228 g/mol. The maximum atomic E-state index is 12.1. The number of nitrogens with zero attached hydrogens (tertiary/aromatic N) is 1. The minimum absolute atomic E-state index is 0.0423. The lowest BCUT2D eigenvalue weighted by Gasteiger charge is -2.32. The topological polar surface area (TPSA) is 41.6 Å². The molecule has 0 aromatic heterocycles. The lowest BCUT2D eigenvalue weighted by Crippen LogP contribution is -2.50. The van der Waals surface area contributed by atoms with Crippen molar-refractivity contribution in [3.05, 3.63) is 0 Å². The molecule has 0 aromatic rings. The van der Waals surface area contributed by atoms with Gasteiger partial charge in [0.1, 0.15) is 0 Å². The van der Waals surface area contributed by atoms with Crippen molar-refractivity contribution >= 4 is 5.91 Å². The third kappa shape index (κ3) is 5.36. The maximum absolute atomic E-state index is 12.1. The van der Waals surface area contributed by atoms with Crippen LogP contribution in [0.25, 0.3) is 0 Å². The fraction of sp³-hybridized carbons (Fsp3) is 0.929. The Morgan fingerprint density at radius 2 is 2.00 bits per heavy atom. The zero-order valence-corrected chi connectivity index (χ0v) is 12.1. The van der Waals surface area contributed by atoms with E-state index >= 15 is 0 Å². The molecule has 1 fully saturated rings. The van der Waals surface area contributed by atoms with Crippen molar-refractivity contribution < 1.29 is 9.53 Å². The van der Waals surface area contributed by atoms with E-state index in [1.807, 2.05) is 0 Å². The third-order valence-electron chi connectivity index (χ3n) is 3.77. The fourth-order valence-electron chi connectivity index (χ4n) is 2.23. The van der Waals surface area contributed by atoms with Gasteiger partial charge in [0.2, 0.25) is 5.91 Å². The number of rotatable bonds is 7. The number of amides is 1. The van der Waals surface area contributed by atoms with Crippen molar-refractivity contribution in [3.63, 3.8) is 0 Å². The van der Waals surface area contributed by atoms with E-state index in [4.69, 9.17) is 4.74 Å². The predicted molar refractivity (Wildman–Crippen MR) is 73.6 cm³/mol. The first-order valence-corrected chi connectivity index (χ1v) is 7.21. The number of morpholine rings is 1. The van der Waals surface area contributed by atoms with E-state index in [1.54, 1.807) is 0 Å². The van der Waals surface area contributed by atoms with Crippen LogP contribution < -0.4 is 5.32 Å². The molecule has 1 atom stereocenters. The van der Waals surface area contributed by atoms with Gasteiger partial charge in [0.15, 0.2) is 0 Å². The largest absolute Gasteiger partial charge is 0.379 e. The monoisotopic (exact) mass is 256 g/mol. The fourth-order valence-corrected chi connectivity index (χ4v) is 2.23. The summed E-state index contributed by atoms with van der Waals surface area (Å²) in [6, 6.07) is 0. The van der Waals surface area contributed by atoms with Crippen molar-refractivity contribution in [2.75, 3.05) is 32.8 Å². The SMILES string of the molecule is CCCCC(C)(CC)NC(=O)CN1CCOCC1. The van der Waals surface area contributed by atoms with Crippen molar-refractivity contribution in [2.24, 2.45) is 0 Å². The highest BCUT2D eigenvalue weighted by molar-refractivity contribution is 5.78. The molecule has 1 saturated heterocycles. The molecule has 1 aliphatic heterocycles. The van der Waals surface area contributed by atoms with E-state index in [0.717, 1.165) is 39.1 Å². The predicted octanol–water partition coefficient (Wildman–Crippen LogP) is 1.79. The van der Waals surface area contributed by atoms with Gasteiger partial charge in [-0.15, -0.1) is 0 Å². The summed E-state index contributed by atoms with van der Waals surface area (Å²) in [7, 11) is 0. The molecule has 18 heavy (non-hydrogen) atoms. The highest BCUT2D eigenvalue weighted by Crippen LogP contribution is 2.17. The number of unbranched alkanes of at least 4 members (excludes halogenated alkanes) is 1. The number of nitrogens with one attached hydrogen (secondary N) is 1. The molecule has 0 aliphatic carbocycles. The van der Waals surface area contributed by atoms with E-state index in [2.05, 4.69) is 31.0 Å². The van der Waals surface area contributed by atoms with Crippen LogP contribution in [-0.4, -0.2) is 49.2 Å². The van der Waals surface area contributed by atoms with Crippen LogP contribution in [0.5, 0.6) is 0 Å². The van der Waals surface area contributed by atoms with Gasteiger partial charge < -0.3 is 10.1 Å². The first-order valence-electron chi connectivity index (χ1n) is 7.21. The van der Waals surface area contributed by atoms with E-state index in [1.165, 1.54) is 12.8 Å². The van der Waals surface area contributed by atoms with Gasteiger partial charge in [-0.05, 0) is 19.8 Å². The van der Waals surface area contributed by atoms with Gasteiger partial charge in [0.25, 0.3) is 0 Å². The van der Waals surface area contributed by atoms with E-state index in [-0.39, 0.29) is 11.4 Å². The molecule has 4 heteroatoms.